The average molecular weight is 1610 g/mol. The third-order valence-corrected chi connectivity index (χ3v) is 23.9. The van der Waals surface area contributed by atoms with Gasteiger partial charge in [-0.05, 0) is 95.1 Å². The molecule has 0 aliphatic carbocycles. The van der Waals surface area contributed by atoms with Gasteiger partial charge in [0, 0.05) is 0 Å². The fraction of sp³-hybridized carbons (Fsp3) is 0.848. The Balaban J connectivity index is 0.00000115. The Kier molecular flexibility index (Phi) is 68.9. The van der Waals surface area contributed by atoms with Crippen molar-refractivity contribution in [2.45, 2.75) is 537 Å². The SMILES string of the molecule is CCCCCCCCCCCCCCCCCCOC(=O)C(Cc1cc(C(C)(C)C)c(O)c(C(C)(C)C)c1)C(=O)OCCCCCCCCCCCCCCCCCC.CCCCCCCCCCCCCCCCCCOC(=O)C(Cc1cc(C)c(O)c(C(C)(C)C)c1)C(=O)OCCCCCCCCCCCCCCCCCC. The zero-order valence-electron chi connectivity index (χ0n) is 78.6. The smallest absolute Gasteiger partial charge is 0.320 e. The molecule has 0 heterocycles. The van der Waals surface area contributed by atoms with E-state index >= 15 is 0 Å². The summed E-state index contributed by atoms with van der Waals surface area (Å²) in [5, 5.41) is 22.0. The highest BCUT2D eigenvalue weighted by Crippen LogP contribution is 2.41. The summed E-state index contributed by atoms with van der Waals surface area (Å²) in [6, 6.07) is 7.73. The molecule has 0 aromatic heterocycles. The average Bonchev–Trinajstić information content (AvgIpc) is 0.785. The number of phenols is 2. The van der Waals surface area contributed by atoms with Crippen molar-refractivity contribution in [2.75, 3.05) is 26.4 Å². The third-order valence-electron chi connectivity index (χ3n) is 23.9. The lowest BCUT2D eigenvalue weighted by molar-refractivity contribution is -0.164. The van der Waals surface area contributed by atoms with Crippen LogP contribution < -0.4 is 0 Å². The van der Waals surface area contributed by atoms with Crippen molar-refractivity contribution in [1.29, 1.82) is 0 Å². The molecule has 0 saturated carbocycles. The Morgan fingerprint density at radius 1 is 0.243 bits per heavy atom. The van der Waals surface area contributed by atoms with Gasteiger partial charge >= 0.3 is 23.9 Å². The molecule has 0 unspecified atom stereocenters. The normalized spacial score (nSPS) is 11.9. The third kappa shape index (κ3) is 60.1. The van der Waals surface area contributed by atoms with Crippen LogP contribution in [0.4, 0.5) is 0 Å². The number of unbranched alkanes of at least 4 members (excludes halogenated alkanes) is 60. The van der Waals surface area contributed by atoms with E-state index in [0.29, 0.717) is 32.2 Å². The van der Waals surface area contributed by atoms with Crippen LogP contribution in [0.25, 0.3) is 0 Å². The number of rotatable bonds is 76. The van der Waals surface area contributed by atoms with Crippen molar-refractivity contribution in [1.82, 2.24) is 0 Å². The summed E-state index contributed by atoms with van der Waals surface area (Å²) in [6.45, 7) is 31.0. The minimum absolute atomic E-state index is 0.196. The molecule has 2 N–H and O–H groups in total. The van der Waals surface area contributed by atoms with E-state index in [-0.39, 0.29) is 34.8 Å². The van der Waals surface area contributed by atoms with E-state index in [1.54, 1.807) is 0 Å². The number of carbonyl (C=O) groups excluding carboxylic acids is 4. The molecule has 0 spiro atoms. The number of phenolic OH excluding ortho intramolecular Hbond substituents is 2. The van der Waals surface area contributed by atoms with Crippen molar-refractivity contribution in [3.63, 3.8) is 0 Å². The van der Waals surface area contributed by atoms with Gasteiger partial charge in [-0.25, -0.2) is 0 Å². The van der Waals surface area contributed by atoms with Crippen molar-refractivity contribution in [3.05, 3.63) is 57.6 Å². The molecule has 115 heavy (non-hydrogen) atoms. The molecule has 0 atom stereocenters. The molecule has 0 radical (unpaired) electrons. The van der Waals surface area contributed by atoms with Crippen LogP contribution in [0.5, 0.6) is 11.5 Å². The molecule has 0 saturated heterocycles. The Hall–Kier alpha value is -4.08. The van der Waals surface area contributed by atoms with Crippen molar-refractivity contribution in [2.24, 2.45) is 11.8 Å². The summed E-state index contributed by atoms with van der Waals surface area (Å²) in [5.41, 5.74) is 4.00. The van der Waals surface area contributed by atoms with E-state index < -0.39 is 35.7 Å². The zero-order chi connectivity index (χ0) is 84.7. The van der Waals surface area contributed by atoms with Crippen molar-refractivity contribution < 1.29 is 48.3 Å². The van der Waals surface area contributed by atoms with Crippen LogP contribution in [0.1, 0.15) is 534 Å². The molecule has 0 aliphatic heterocycles. The fourth-order valence-electron chi connectivity index (χ4n) is 16.2. The predicted molar refractivity (Wildman–Crippen MR) is 493 cm³/mol. The zero-order valence-corrected chi connectivity index (χ0v) is 78.6. The summed E-state index contributed by atoms with van der Waals surface area (Å²) in [4.78, 5) is 54.0. The maximum atomic E-state index is 13.6. The van der Waals surface area contributed by atoms with Gasteiger partial charge in [0.25, 0.3) is 0 Å². The largest absolute Gasteiger partial charge is 0.507 e. The minimum atomic E-state index is -1.03. The molecule has 0 bridgehead atoms. The van der Waals surface area contributed by atoms with Gasteiger partial charge in [0.15, 0.2) is 11.8 Å². The number of benzene rings is 2. The highest BCUT2D eigenvalue weighted by Gasteiger charge is 2.34. The van der Waals surface area contributed by atoms with Crippen LogP contribution in [0.3, 0.4) is 0 Å². The number of esters is 4. The Bertz CT molecular complexity index is 2480. The number of hydrogen-bond donors (Lipinski definition) is 2. The van der Waals surface area contributed by atoms with Crippen LogP contribution >= 0.6 is 0 Å². The van der Waals surface area contributed by atoms with E-state index in [9.17, 15) is 29.4 Å². The van der Waals surface area contributed by atoms with Crippen LogP contribution in [-0.2, 0) is 67.2 Å². The molecule has 0 amide bonds. The Morgan fingerprint density at radius 2 is 0.391 bits per heavy atom. The van der Waals surface area contributed by atoms with E-state index in [1.807, 2.05) is 31.2 Å². The van der Waals surface area contributed by atoms with Gasteiger partial charge in [-0.2, -0.15) is 0 Å². The van der Waals surface area contributed by atoms with Crippen molar-refractivity contribution in [3.8, 4) is 11.5 Å². The summed E-state index contributed by atoms with van der Waals surface area (Å²) in [5.74, 6) is -3.44. The predicted octanol–water partition coefficient (Wildman–Crippen LogP) is 32.5. The maximum Gasteiger partial charge on any atom is 0.320 e. The number of hydrogen-bond acceptors (Lipinski definition) is 10. The van der Waals surface area contributed by atoms with Gasteiger partial charge in [0.05, 0.1) is 26.4 Å². The molecular weight excluding hydrogens is 1420 g/mol. The van der Waals surface area contributed by atoms with E-state index in [2.05, 4.69) is 90.0 Å². The van der Waals surface area contributed by atoms with Crippen molar-refractivity contribution >= 4 is 23.9 Å². The first-order valence-corrected chi connectivity index (χ1v) is 49.8. The molecular formula is C105H190O10. The van der Waals surface area contributed by atoms with E-state index in [0.717, 1.165) is 110 Å². The van der Waals surface area contributed by atoms with Gasteiger partial charge in [-0.3, -0.25) is 19.2 Å². The molecule has 2 aromatic carbocycles. The summed E-state index contributed by atoms with van der Waals surface area (Å²) in [7, 11) is 0. The molecule has 0 fully saturated rings. The standard InChI is InChI=1S/C54H98O5.C51H92O5/c1-9-11-13-15-17-19-21-23-25-27-29-31-33-35-37-39-41-58-51(56)47(43-46-44-48(53(3,4)5)50(55)49(45-46)54(6,7)8)52(57)59-42-40-38-36-34-32-30-28-26-24-22-20-18-16-14-12-10-2;1-7-9-11-13-15-17-19-21-23-25-27-29-31-33-35-37-39-55-49(53)46(42-45-41-44(3)48(52)47(43-45)51(4,5)6)50(54)56-40-38-36-34-32-30-28-26-24-22-20-18-16-14-12-10-8-2/h44-45,47,55H,9-43H2,1-8H3;41,43,46,52H,7-40,42H2,1-6H3. The number of carbonyl (C=O) groups is 4. The second kappa shape index (κ2) is 72.7. The number of aryl methyl sites for hydroxylation is 1. The minimum Gasteiger partial charge on any atom is -0.507 e. The van der Waals surface area contributed by atoms with Crippen LogP contribution in [0.15, 0.2) is 24.3 Å². The molecule has 670 valence electrons. The highest BCUT2D eigenvalue weighted by molar-refractivity contribution is 5.96. The maximum absolute atomic E-state index is 13.6. The van der Waals surface area contributed by atoms with E-state index in [1.165, 1.54) is 334 Å². The van der Waals surface area contributed by atoms with Crippen LogP contribution in [0.2, 0.25) is 0 Å². The fourth-order valence-corrected chi connectivity index (χ4v) is 16.2. The number of ether oxygens (including phenoxy) is 4. The lowest BCUT2D eigenvalue weighted by Crippen LogP contribution is -2.31. The highest BCUT2D eigenvalue weighted by atomic mass is 16.6. The summed E-state index contributed by atoms with van der Waals surface area (Å²) in [6.07, 6.45) is 83.2. The first-order chi connectivity index (χ1) is 55.4. The Morgan fingerprint density at radius 3 is 0.557 bits per heavy atom. The Labute approximate surface area is 712 Å². The molecule has 2 rings (SSSR count). The first kappa shape index (κ1) is 109. The van der Waals surface area contributed by atoms with Gasteiger partial charge in [-0.15, -0.1) is 0 Å². The molecule has 0 aliphatic rings. The second-order valence-electron chi connectivity index (χ2n) is 38.5. The lowest BCUT2D eigenvalue weighted by atomic mass is 9.77. The summed E-state index contributed by atoms with van der Waals surface area (Å²) >= 11 is 0. The summed E-state index contributed by atoms with van der Waals surface area (Å²) < 4.78 is 23.0. The topological polar surface area (TPSA) is 146 Å². The van der Waals surface area contributed by atoms with Crippen LogP contribution in [-0.4, -0.2) is 60.5 Å². The monoisotopic (exact) mass is 1610 g/mol. The second-order valence-corrected chi connectivity index (χ2v) is 38.5. The van der Waals surface area contributed by atoms with E-state index in [4.69, 9.17) is 18.9 Å². The van der Waals surface area contributed by atoms with Gasteiger partial charge in [-0.1, -0.05) is 500 Å². The van der Waals surface area contributed by atoms with Crippen LogP contribution in [0, 0.1) is 18.8 Å². The van der Waals surface area contributed by atoms with Gasteiger partial charge in [0.2, 0.25) is 0 Å². The molecule has 2 aromatic rings. The number of aromatic hydroxyl groups is 2. The molecule has 10 nitrogen and oxygen atoms in total. The lowest BCUT2D eigenvalue weighted by Gasteiger charge is -2.28. The first-order valence-electron chi connectivity index (χ1n) is 49.8. The van der Waals surface area contributed by atoms with Gasteiger partial charge in [0.1, 0.15) is 11.5 Å². The quantitative estimate of drug-likeness (QED) is 0.0284. The van der Waals surface area contributed by atoms with Gasteiger partial charge < -0.3 is 29.2 Å². The molecule has 10 heteroatoms.